The van der Waals surface area contributed by atoms with Crippen molar-refractivity contribution in [2.75, 3.05) is 36.4 Å². The monoisotopic (exact) mass is 539 g/mol. The quantitative estimate of drug-likeness (QED) is 0.490. The predicted molar refractivity (Wildman–Crippen MR) is 149 cm³/mol. The summed E-state index contributed by atoms with van der Waals surface area (Å²) in [5.41, 5.74) is 1.57. The van der Waals surface area contributed by atoms with Gasteiger partial charge in [0.05, 0.1) is 11.9 Å². The van der Waals surface area contributed by atoms with Crippen LogP contribution >= 0.6 is 11.6 Å². The van der Waals surface area contributed by atoms with Gasteiger partial charge in [0.1, 0.15) is 22.1 Å². The Kier molecular flexibility index (Phi) is 7.17. The number of piperazine rings is 1. The summed E-state index contributed by atoms with van der Waals surface area (Å²) in [7, 11) is 0. The van der Waals surface area contributed by atoms with Gasteiger partial charge in [0.15, 0.2) is 0 Å². The molecule has 1 saturated heterocycles. The zero-order valence-electron chi connectivity index (χ0n) is 22.3. The molecule has 0 unspecified atom stereocenters. The van der Waals surface area contributed by atoms with Crippen LogP contribution in [-0.4, -0.2) is 62.3 Å². The number of carbonyl (C=O) groups excluding carboxylic acids is 1. The second-order valence-electron chi connectivity index (χ2n) is 11.0. The molecule has 0 radical (unpaired) electrons. The average molecular weight is 540 g/mol. The molecule has 4 heterocycles. The van der Waals surface area contributed by atoms with Crippen molar-refractivity contribution >= 4 is 46.2 Å². The van der Waals surface area contributed by atoms with E-state index in [2.05, 4.69) is 20.2 Å². The summed E-state index contributed by atoms with van der Waals surface area (Å²) in [4.78, 5) is 43.1. The van der Waals surface area contributed by atoms with Gasteiger partial charge in [0, 0.05) is 43.8 Å². The number of carbonyl (C=O) groups is 1. The number of halogens is 1. The molecule has 38 heavy (non-hydrogen) atoms. The summed E-state index contributed by atoms with van der Waals surface area (Å²) >= 11 is 6.39. The number of rotatable bonds is 4. The topological polar surface area (TPSA) is 105 Å². The van der Waals surface area contributed by atoms with Crippen LogP contribution in [-0.2, 0) is 4.74 Å². The summed E-state index contributed by atoms with van der Waals surface area (Å²) in [6, 6.07) is 3.96. The molecule has 1 saturated carbocycles. The third kappa shape index (κ3) is 5.41. The first kappa shape index (κ1) is 26.2. The van der Waals surface area contributed by atoms with E-state index in [9.17, 15) is 9.59 Å². The number of hydrogen-bond acceptors (Lipinski definition) is 8. The molecular formula is C27H34ClN7O3. The predicted octanol–water partition coefficient (Wildman–Crippen LogP) is 5.06. The minimum atomic E-state index is -0.504. The highest BCUT2D eigenvalue weighted by molar-refractivity contribution is 6.32. The van der Waals surface area contributed by atoms with E-state index in [1.807, 2.05) is 39.8 Å². The molecule has 10 nitrogen and oxygen atoms in total. The SMILES string of the molecule is Cc1c(Cl)c(=O)n(C2CCCC2)c2nc(Nc3ccc(N4CCN(C(=O)OC(C)(C)C)CC4)cn3)ncc12. The molecule has 1 aliphatic heterocycles. The first-order chi connectivity index (χ1) is 18.1. The molecule has 0 spiro atoms. The van der Waals surface area contributed by atoms with Gasteiger partial charge in [-0.15, -0.1) is 0 Å². The summed E-state index contributed by atoms with van der Waals surface area (Å²) < 4.78 is 7.23. The fraction of sp³-hybridized carbons (Fsp3) is 0.519. The number of nitrogens with zero attached hydrogens (tertiary/aromatic N) is 6. The lowest BCUT2D eigenvalue weighted by atomic mass is 10.1. The number of nitrogens with one attached hydrogen (secondary N) is 1. The van der Waals surface area contributed by atoms with Gasteiger partial charge in [-0.1, -0.05) is 24.4 Å². The third-order valence-corrected chi connectivity index (χ3v) is 7.56. The maximum Gasteiger partial charge on any atom is 0.410 e. The third-order valence-electron chi connectivity index (χ3n) is 7.11. The average Bonchev–Trinajstić information content (AvgIpc) is 3.41. The molecular weight excluding hydrogens is 506 g/mol. The summed E-state index contributed by atoms with van der Waals surface area (Å²) in [6.45, 7) is 10.0. The second kappa shape index (κ2) is 10.4. The van der Waals surface area contributed by atoms with Crippen molar-refractivity contribution < 1.29 is 9.53 Å². The van der Waals surface area contributed by atoms with Crippen LogP contribution in [0.3, 0.4) is 0 Å². The van der Waals surface area contributed by atoms with E-state index in [4.69, 9.17) is 21.3 Å². The zero-order valence-corrected chi connectivity index (χ0v) is 23.1. The maximum absolute atomic E-state index is 13.1. The second-order valence-corrected chi connectivity index (χ2v) is 11.3. The van der Waals surface area contributed by atoms with E-state index >= 15 is 0 Å². The highest BCUT2D eigenvalue weighted by Gasteiger charge is 2.26. The molecule has 0 bridgehead atoms. The van der Waals surface area contributed by atoms with Crippen molar-refractivity contribution in [1.82, 2.24) is 24.4 Å². The normalized spacial score (nSPS) is 16.8. The molecule has 0 atom stereocenters. The van der Waals surface area contributed by atoms with Gasteiger partial charge in [-0.2, -0.15) is 4.98 Å². The van der Waals surface area contributed by atoms with E-state index in [0.717, 1.165) is 36.8 Å². The zero-order chi connectivity index (χ0) is 27.0. The van der Waals surface area contributed by atoms with E-state index in [1.165, 1.54) is 0 Å². The lowest BCUT2D eigenvalue weighted by molar-refractivity contribution is 0.0240. The Morgan fingerprint density at radius 1 is 1.08 bits per heavy atom. The van der Waals surface area contributed by atoms with E-state index in [0.29, 0.717) is 49.2 Å². The van der Waals surface area contributed by atoms with Crippen LogP contribution in [0, 0.1) is 6.92 Å². The van der Waals surface area contributed by atoms with Crippen molar-refractivity contribution in [3.05, 3.63) is 45.5 Å². The highest BCUT2D eigenvalue weighted by atomic mass is 35.5. The fourth-order valence-corrected chi connectivity index (χ4v) is 5.29. The Labute approximate surface area is 227 Å². The number of aryl methyl sites for hydroxylation is 1. The van der Waals surface area contributed by atoms with Crippen molar-refractivity contribution in [1.29, 1.82) is 0 Å². The van der Waals surface area contributed by atoms with Gasteiger partial charge < -0.3 is 19.9 Å². The van der Waals surface area contributed by atoms with Gasteiger partial charge in [0.25, 0.3) is 5.56 Å². The molecule has 2 aliphatic rings. The molecule has 1 aliphatic carbocycles. The number of fused-ring (bicyclic) bond motifs is 1. The summed E-state index contributed by atoms with van der Waals surface area (Å²) in [5.74, 6) is 0.970. The Balaban J connectivity index is 1.30. The van der Waals surface area contributed by atoms with Crippen LogP contribution in [0.15, 0.2) is 29.3 Å². The Morgan fingerprint density at radius 3 is 2.42 bits per heavy atom. The van der Waals surface area contributed by atoms with Crippen LogP contribution in [0.25, 0.3) is 11.0 Å². The van der Waals surface area contributed by atoms with Crippen molar-refractivity contribution in [3.63, 3.8) is 0 Å². The lowest BCUT2D eigenvalue weighted by Gasteiger charge is -2.36. The minimum Gasteiger partial charge on any atom is -0.444 e. The van der Waals surface area contributed by atoms with Crippen molar-refractivity contribution in [2.24, 2.45) is 0 Å². The van der Waals surface area contributed by atoms with E-state index < -0.39 is 5.60 Å². The molecule has 0 aromatic carbocycles. The van der Waals surface area contributed by atoms with Gasteiger partial charge in [-0.05, 0) is 58.2 Å². The molecule has 5 rings (SSSR count). The Morgan fingerprint density at radius 2 is 1.79 bits per heavy atom. The van der Waals surface area contributed by atoms with Crippen LogP contribution in [0.2, 0.25) is 5.02 Å². The van der Waals surface area contributed by atoms with Gasteiger partial charge >= 0.3 is 6.09 Å². The van der Waals surface area contributed by atoms with Crippen LogP contribution in [0.1, 0.15) is 58.1 Å². The molecule has 1 amide bonds. The van der Waals surface area contributed by atoms with Gasteiger partial charge in [-0.3, -0.25) is 9.36 Å². The van der Waals surface area contributed by atoms with E-state index in [1.54, 1.807) is 21.9 Å². The van der Waals surface area contributed by atoms with Gasteiger partial charge in [0.2, 0.25) is 5.95 Å². The lowest BCUT2D eigenvalue weighted by Crippen LogP contribution is -2.50. The molecule has 11 heteroatoms. The number of amides is 1. The first-order valence-corrected chi connectivity index (χ1v) is 13.5. The summed E-state index contributed by atoms with van der Waals surface area (Å²) in [6.07, 6.45) is 7.30. The smallest absolute Gasteiger partial charge is 0.410 e. The van der Waals surface area contributed by atoms with Crippen molar-refractivity contribution in [2.45, 2.75) is 65.0 Å². The minimum absolute atomic E-state index is 0.0963. The van der Waals surface area contributed by atoms with E-state index in [-0.39, 0.29) is 22.7 Å². The number of hydrogen-bond donors (Lipinski definition) is 1. The highest BCUT2D eigenvalue weighted by Crippen LogP contribution is 2.32. The molecule has 3 aromatic rings. The van der Waals surface area contributed by atoms with Crippen molar-refractivity contribution in [3.8, 4) is 0 Å². The standard InChI is InChI=1S/C27H34ClN7O3/c1-17-20-16-30-25(32-23(20)35(24(36)22(17)28)18-7-5-6-8-18)31-21-10-9-19(15-29-21)33-11-13-34(14-12-33)26(37)38-27(2,3)4/h9-10,15-16,18H,5-8,11-14H2,1-4H3,(H,29,30,31,32). The number of ether oxygens (including phenoxy) is 1. The van der Waals surface area contributed by atoms with Crippen LogP contribution < -0.4 is 15.8 Å². The first-order valence-electron chi connectivity index (χ1n) is 13.1. The molecule has 2 fully saturated rings. The van der Waals surface area contributed by atoms with Gasteiger partial charge in [-0.25, -0.2) is 14.8 Å². The maximum atomic E-state index is 13.1. The number of anilines is 3. The largest absolute Gasteiger partial charge is 0.444 e. The molecule has 1 N–H and O–H groups in total. The Hall–Kier alpha value is -3.40. The number of aromatic nitrogens is 4. The van der Waals surface area contributed by atoms with Crippen LogP contribution in [0.4, 0.5) is 22.2 Å². The molecule has 3 aromatic heterocycles. The fourth-order valence-electron chi connectivity index (χ4n) is 5.10. The Bertz CT molecular complexity index is 1390. The van der Waals surface area contributed by atoms with Crippen LogP contribution in [0.5, 0.6) is 0 Å². The molecule has 202 valence electrons. The summed E-state index contributed by atoms with van der Waals surface area (Å²) in [5, 5.41) is 4.18. The number of pyridine rings is 2.